The Morgan fingerprint density at radius 2 is 1.90 bits per heavy atom. The summed E-state index contributed by atoms with van der Waals surface area (Å²) in [6.45, 7) is 2.15. The van der Waals surface area contributed by atoms with Crippen LogP contribution in [0.25, 0.3) is 11.0 Å². The van der Waals surface area contributed by atoms with E-state index in [1.165, 1.54) is 0 Å². The Hall–Kier alpha value is -2.83. The van der Waals surface area contributed by atoms with Crippen molar-refractivity contribution in [2.24, 2.45) is 0 Å². The topological polar surface area (TPSA) is 109 Å². The number of nitrogens with one attached hydrogen (secondary N) is 1. The van der Waals surface area contributed by atoms with E-state index in [4.69, 9.17) is 9.15 Å². The monoisotopic (exact) mass is 400 g/mol. The van der Waals surface area contributed by atoms with Crippen LogP contribution < -0.4 is 20.8 Å². The van der Waals surface area contributed by atoms with Crippen LogP contribution in [0.5, 0.6) is 5.75 Å². The van der Waals surface area contributed by atoms with Crippen molar-refractivity contribution >= 4 is 22.8 Å². The molecule has 1 aromatic carbocycles. The summed E-state index contributed by atoms with van der Waals surface area (Å²) >= 11 is 0. The van der Waals surface area contributed by atoms with Crippen LogP contribution in [0.15, 0.2) is 21.3 Å². The first-order valence-electron chi connectivity index (χ1n) is 10.1. The van der Waals surface area contributed by atoms with Gasteiger partial charge in [-0.05, 0) is 69.6 Å². The van der Waals surface area contributed by atoms with Crippen LogP contribution in [-0.2, 0) is 22.4 Å². The quantitative estimate of drug-likeness (QED) is 0.508. The number of amides is 1. The van der Waals surface area contributed by atoms with Gasteiger partial charge in [-0.2, -0.15) is 0 Å². The maximum Gasteiger partial charge on any atom is 0.339 e. The number of hydrogen-bond donors (Lipinski definition) is 1. The van der Waals surface area contributed by atoms with Gasteiger partial charge >= 0.3 is 5.63 Å². The van der Waals surface area contributed by atoms with Gasteiger partial charge in [0, 0.05) is 29.0 Å². The van der Waals surface area contributed by atoms with Gasteiger partial charge in [0.05, 0.1) is 0 Å². The van der Waals surface area contributed by atoms with Crippen LogP contribution in [0.4, 0.5) is 0 Å². The van der Waals surface area contributed by atoms with Gasteiger partial charge < -0.3 is 24.4 Å². The lowest BCUT2D eigenvalue weighted by Crippen LogP contribution is -2.29. The number of fused-ring (bicyclic) bond motifs is 3. The van der Waals surface area contributed by atoms with E-state index in [1.807, 2.05) is 19.1 Å². The van der Waals surface area contributed by atoms with Crippen LogP contribution in [0.3, 0.4) is 0 Å². The molecule has 7 nitrogen and oxygen atoms in total. The van der Waals surface area contributed by atoms with Crippen LogP contribution in [0, 0.1) is 6.92 Å². The number of rotatable bonds is 9. The standard InChI is InChI=1S/C22H27NO6/c1-14-18(28-13-19(24)23-12-6-2-3-9-20(25)26)11-10-16-15-7-4-5-8-17(15)22(27)29-21(14)16/h10-11H,2-9,12-13H2,1H3,(H,23,24)(H,25,26)/p-1. The summed E-state index contributed by atoms with van der Waals surface area (Å²) in [5.74, 6) is -0.790. The molecule has 7 heteroatoms. The fraction of sp³-hybridized carbons (Fsp3) is 0.500. The lowest BCUT2D eigenvalue weighted by atomic mass is 9.90. The Kier molecular flexibility index (Phi) is 6.90. The molecule has 2 aromatic rings. The molecule has 0 bridgehead atoms. The highest BCUT2D eigenvalue weighted by molar-refractivity contribution is 5.86. The molecule has 29 heavy (non-hydrogen) atoms. The smallest absolute Gasteiger partial charge is 0.339 e. The maximum absolute atomic E-state index is 12.3. The Balaban J connectivity index is 1.58. The summed E-state index contributed by atoms with van der Waals surface area (Å²) in [5.41, 5.74) is 2.83. The first kappa shape index (κ1) is 20.9. The zero-order valence-electron chi connectivity index (χ0n) is 16.7. The second kappa shape index (κ2) is 9.58. The summed E-state index contributed by atoms with van der Waals surface area (Å²) in [6, 6.07) is 3.72. The molecular weight excluding hydrogens is 374 g/mol. The Bertz CT molecular complexity index is 962. The fourth-order valence-electron chi connectivity index (χ4n) is 3.77. The number of aliphatic carboxylic acids is 1. The second-order valence-corrected chi connectivity index (χ2v) is 7.44. The highest BCUT2D eigenvalue weighted by Crippen LogP contribution is 2.32. The minimum Gasteiger partial charge on any atom is -0.550 e. The molecular formula is C22H26NO6-. The molecule has 0 saturated carbocycles. The van der Waals surface area contributed by atoms with E-state index >= 15 is 0 Å². The number of aryl methyl sites for hydroxylation is 2. The molecule has 1 N–H and O–H groups in total. The molecule has 1 heterocycles. The third-order valence-electron chi connectivity index (χ3n) is 5.33. The van der Waals surface area contributed by atoms with Gasteiger partial charge in [-0.3, -0.25) is 4.79 Å². The van der Waals surface area contributed by atoms with E-state index in [1.54, 1.807) is 0 Å². The molecule has 1 aliphatic carbocycles. The minimum atomic E-state index is -1.05. The summed E-state index contributed by atoms with van der Waals surface area (Å²) in [6.07, 6.45) is 5.70. The highest BCUT2D eigenvalue weighted by atomic mass is 16.5. The Morgan fingerprint density at radius 3 is 2.66 bits per heavy atom. The second-order valence-electron chi connectivity index (χ2n) is 7.44. The van der Waals surface area contributed by atoms with Gasteiger partial charge in [0.1, 0.15) is 11.3 Å². The van der Waals surface area contributed by atoms with Gasteiger partial charge in [0.15, 0.2) is 6.61 Å². The van der Waals surface area contributed by atoms with E-state index in [-0.39, 0.29) is 24.6 Å². The molecule has 0 spiro atoms. The molecule has 0 atom stereocenters. The summed E-state index contributed by atoms with van der Waals surface area (Å²) < 4.78 is 11.2. The maximum atomic E-state index is 12.3. The van der Waals surface area contributed by atoms with Crippen molar-refractivity contribution in [2.75, 3.05) is 13.2 Å². The van der Waals surface area contributed by atoms with Gasteiger partial charge in [0.25, 0.3) is 5.91 Å². The zero-order chi connectivity index (χ0) is 20.8. The van der Waals surface area contributed by atoms with E-state index in [9.17, 15) is 19.5 Å². The molecule has 3 rings (SSSR count). The number of carboxylic acid groups (broad SMARTS) is 1. The van der Waals surface area contributed by atoms with Crippen LogP contribution >= 0.6 is 0 Å². The third kappa shape index (κ3) is 5.16. The van der Waals surface area contributed by atoms with Crippen molar-refractivity contribution in [1.29, 1.82) is 0 Å². The SMILES string of the molecule is Cc1c(OCC(=O)NCCCCCC(=O)[O-])ccc2c3c(c(=O)oc12)CCCC3. The highest BCUT2D eigenvalue weighted by Gasteiger charge is 2.20. The number of carbonyl (C=O) groups is 2. The van der Waals surface area contributed by atoms with Gasteiger partial charge in [-0.25, -0.2) is 4.79 Å². The molecule has 1 amide bonds. The number of carboxylic acids is 1. The predicted molar refractivity (Wildman–Crippen MR) is 106 cm³/mol. The van der Waals surface area contributed by atoms with E-state index in [2.05, 4.69) is 5.32 Å². The number of hydrogen-bond acceptors (Lipinski definition) is 6. The Labute approximate surface area is 169 Å². The lowest BCUT2D eigenvalue weighted by molar-refractivity contribution is -0.305. The molecule has 0 aliphatic heterocycles. The summed E-state index contributed by atoms with van der Waals surface area (Å²) in [7, 11) is 0. The largest absolute Gasteiger partial charge is 0.550 e. The van der Waals surface area contributed by atoms with Crippen molar-refractivity contribution in [1.82, 2.24) is 5.32 Å². The lowest BCUT2D eigenvalue weighted by Gasteiger charge is -2.18. The van der Waals surface area contributed by atoms with Gasteiger partial charge in [-0.1, -0.05) is 6.42 Å². The molecule has 0 fully saturated rings. The van der Waals surface area contributed by atoms with Gasteiger partial charge in [0.2, 0.25) is 0 Å². The first-order valence-corrected chi connectivity index (χ1v) is 10.1. The van der Waals surface area contributed by atoms with E-state index < -0.39 is 5.97 Å². The number of unbranched alkanes of at least 4 members (excludes halogenated alkanes) is 2. The third-order valence-corrected chi connectivity index (χ3v) is 5.33. The first-order chi connectivity index (χ1) is 14.0. The number of carbonyl (C=O) groups excluding carboxylic acids is 2. The minimum absolute atomic E-state index is 0.0393. The zero-order valence-corrected chi connectivity index (χ0v) is 16.7. The van der Waals surface area contributed by atoms with Crippen molar-refractivity contribution in [3.05, 3.63) is 39.2 Å². The average molecular weight is 400 g/mol. The van der Waals surface area contributed by atoms with Crippen molar-refractivity contribution < 1.29 is 23.8 Å². The average Bonchev–Trinajstić information content (AvgIpc) is 2.70. The van der Waals surface area contributed by atoms with E-state index in [0.29, 0.717) is 42.7 Å². The summed E-state index contributed by atoms with van der Waals surface area (Å²) in [4.78, 5) is 34.6. The molecule has 156 valence electrons. The molecule has 0 saturated heterocycles. The van der Waals surface area contributed by atoms with Crippen LogP contribution in [0.2, 0.25) is 0 Å². The number of benzene rings is 1. The molecule has 1 aliphatic rings. The van der Waals surface area contributed by atoms with Gasteiger partial charge in [-0.15, -0.1) is 0 Å². The van der Waals surface area contributed by atoms with Crippen molar-refractivity contribution in [2.45, 2.75) is 58.3 Å². The van der Waals surface area contributed by atoms with Crippen LogP contribution in [0.1, 0.15) is 55.2 Å². The predicted octanol–water partition coefficient (Wildman–Crippen LogP) is 1.79. The normalized spacial score (nSPS) is 13.1. The van der Waals surface area contributed by atoms with Crippen LogP contribution in [-0.4, -0.2) is 25.0 Å². The molecule has 0 unspecified atom stereocenters. The van der Waals surface area contributed by atoms with E-state index in [0.717, 1.165) is 42.2 Å². The van der Waals surface area contributed by atoms with Crippen molar-refractivity contribution in [3.63, 3.8) is 0 Å². The Morgan fingerprint density at radius 1 is 1.14 bits per heavy atom. The van der Waals surface area contributed by atoms with Crippen molar-refractivity contribution in [3.8, 4) is 5.75 Å². The number of ether oxygens (including phenoxy) is 1. The molecule has 0 radical (unpaired) electrons. The fourth-order valence-corrected chi connectivity index (χ4v) is 3.77. The summed E-state index contributed by atoms with van der Waals surface area (Å²) in [5, 5.41) is 14.0. The molecule has 1 aromatic heterocycles.